The van der Waals surface area contributed by atoms with Crippen molar-refractivity contribution < 1.29 is 49.2 Å². The number of fused-ring (bicyclic) bond motifs is 1. The van der Waals surface area contributed by atoms with Gasteiger partial charge in [0.25, 0.3) is 0 Å². The lowest BCUT2D eigenvalue weighted by atomic mass is 10.0. The van der Waals surface area contributed by atoms with E-state index < -0.39 is 62.0 Å². The Bertz CT molecular complexity index is 1780. The molecule has 268 valence electrons. The molecule has 50 heavy (non-hydrogen) atoms. The number of rotatable bonds is 21. The summed E-state index contributed by atoms with van der Waals surface area (Å²) in [5.41, 5.74) is 7.69. The van der Waals surface area contributed by atoms with E-state index in [2.05, 4.69) is 10.3 Å². The number of anilines is 1. The van der Waals surface area contributed by atoms with Gasteiger partial charge in [0.2, 0.25) is 11.5 Å². The number of aliphatic carboxylic acids is 4. The summed E-state index contributed by atoms with van der Waals surface area (Å²) in [6, 6.07) is 10.6. The second-order valence-corrected chi connectivity index (χ2v) is 11.7. The third kappa shape index (κ3) is 12.8. The van der Waals surface area contributed by atoms with E-state index in [0.717, 1.165) is 15.8 Å². The predicted octanol–water partition coefficient (Wildman–Crippen LogP) is -5.71. The zero-order valence-corrected chi connectivity index (χ0v) is 27.2. The molecule has 0 radical (unpaired) electrons. The van der Waals surface area contributed by atoms with E-state index in [1.54, 1.807) is 25.1 Å². The number of pyridine rings is 1. The van der Waals surface area contributed by atoms with Gasteiger partial charge in [0.1, 0.15) is 0 Å². The van der Waals surface area contributed by atoms with Crippen LogP contribution in [0, 0.1) is 6.92 Å². The van der Waals surface area contributed by atoms with E-state index in [4.69, 9.17) is 5.73 Å². The first-order valence-corrected chi connectivity index (χ1v) is 15.4. The zero-order chi connectivity index (χ0) is 37.0. The molecule has 2 aromatic carbocycles. The molecule has 0 fully saturated rings. The number of nitrogens with one attached hydrogen (secondary N) is 2. The number of H-pyrrole nitrogens is 1. The van der Waals surface area contributed by atoms with Crippen molar-refractivity contribution in [1.82, 2.24) is 25.0 Å². The van der Waals surface area contributed by atoms with Crippen molar-refractivity contribution in [3.8, 4) is 0 Å². The molecule has 0 bridgehead atoms. The topological polar surface area (TPSA) is 275 Å². The van der Waals surface area contributed by atoms with Gasteiger partial charge in [0, 0.05) is 74.9 Å². The molecule has 0 aliphatic heterocycles. The van der Waals surface area contributed by atoms with Crippen LogP contribution in [0.2, 0.25) is 0 Å². The minimum absolute atomic E-state index is 0.0877. The second kappa shape index (κ2) is 18.2. The average molecular weight is 693 g/mol. The van der Waals surface area contributed by atoms with Crippen molar-refractivity contribution in [3.63, 3.8) is 0 Å². The fourth-order valence-electron chi connectivity index (χ4n) is 5.31. The molecule has 3 rings (SSSR count). The van der Waals surface area contributed by atoms with Crippen molar-refractivity contribution in [2.24, 2.45) is 0 Å². The third-order valence-electron chi connectivity index (χ3n) is 7.62. The highest BCUT2D eigenvalue weighted by Crippen LogP contribution is 2.17. The number of amides is 1. The summed E-state index contributed by atoms with van der Waals surface area (Å²) in [5, 5.41) is 49.1. The van der Waals surface area contributed by atoms with Gasteiger partial charge >= 0.3 is 0 Å². The van der Waals surface area contributed by atoms with Gasteiger partial charge < -0.3 is 55.6 Å². The minimum atomic E-state index is -1.63. The van der Waals surface area contributed by atoms with Crippen LogP contribution in [0.4, 0.5) is 5.69 Å². The molecule has 3 aromatic rings. The van der Waals surface area contributed by atoms with E-state index in [-0.39, 0.29) is 56.1 Å². The molecule has 0 saturated carbocycles. The molecule has 1 aromatic heterocycles. The number of Topliss-reactive ketones (excluding diaryl/α,β-unsaturated/α-hetero) is 1. The molecule has 1 unspecified atom stereocenters. The smallest absolute Gasteiger partial charge is 0.248 e. The van der Waals surface area contributed by atoms with Crippen LogP contribution < -0.4 is 37.0 Å². The molecular formula is C33H36N6O11-4. The maximum absolute atomic E-state index is 12.9. The number of hydrogen-bond acceptors (Lipinski definition) is 15. The van der Waals surface area contributed by atoms with Crippen molar-refractivity contribution in [1.29, 1.82) is 0 Å². The second-order valence-electron chi connectivity index (χ2n) is 11.7. The molecule has 0 aliphatic rings. The number of carbonyl (C=O) groups is 6. The van der Waals surface area contributed by atoms with Crippen LogP contribution in [0.25, 0.3) is 10.9 Å². The Hall–Kier alpha value is -5.65. The van der Waals surface area contributed by atoms with Gasteiger partial charge in [-0.2, -0.15) is 0 Å². The van der Waals surface area contributed by atoms with E-state index >= 15 is 0 Å². The van der Waals surface area contributed by atoms with Crippen LogP contribution in [0.5, 0.6) is 0 Å². The molecular weight excluding hydrogens is 656 g/mol. The van der Waals surface area contributed by atoms with Crippen LogP contribution in [0.3, 0.4) is 0 Å². The summed E-state index contributed by atoms with van der Waals surface area (Å²) in [6.07, 6.45) is -0.0877. The van der Waals surface area contributed by atoms with E-state index in [9.17, 15) is 54.0 Å². The summed E-state index contributed by atoms with van der Waals surface area (Å²) in [7, 11) is 0. The molecule has 0 aliphatic carbocycles. The fraction of sp³-hybridized carbons (Fsp3) is 0.364. The first kappa shape index (κ1) is 38.8. The minimum Gasteiger partial charge on any atom is -0.549 e. The van der Waals surface area contributed by atoms with Gasteiger partial charge in [-0.05, 0) is 41.8 Å². The van der Waals surface area contributed by atoms with Crippen molar-refractivity contribution >= 4 is 52.2 Å². The van der Waals surface area contributed by atoms with Crippen molar-refractivity contribution in [3.05, 3.63) is 75.6 Å². The SMILES string of the molecule is Cc1cc(=O)[nH]c2cc(CC(=O)CN(CCN(CCN(CC(=O)[O-])CC(=O)NC(C(=O)[O-])c3ccc(N)cc3)CC(=O)[O-])CC(=O)[O-])ccc12. The average Bonchev–Trinajstić information content (AvgIpc) is 3.00. The molecule has 17 nitrogen and oxygen atoms in total. The normalized spacial score (nSPS) is 11.9. The zero-order valence-electron chi connectivity index (χ0n) is 27.2. The lowest BCUT2D eigenvalue weighted by molar-refractivity contribution is -0.309. The molecule has 0 saturated heterocycles. The number of carboxylic acid groups (broad SMARTS) is 4. The Balaban J connectivity index is 1.64. The Kier molecular flexibility index (Phi) is 14.1. The van der Waals surface area contributed by atoms with Gasteiger partial charge in [0.05, 0.1) is 43.0 Å². The van der Waals surface area contributed by atoms with Gasteiger partial charge in [-0.15, -0.1) is 0 Å². The number of nitrogen functional groups attached to an aromatic ring is 1. The quantitative estimate of drug-likeness (QED) is 0.0878. The Morgan fingerprint density at radius 2 is 1.28 bits per heavy atom. The maximum atomic E-state index is 12.9. The number of carbonyl (C=O) groups excluding carboxylic acids is 6. The van der Waals surface area contributed by atoms with Crippen molar-refractivity contribution in [2.45, 2.75) is 19.4 Å². The van der Waals surface area contributed by atoms with Crippen LogP contribution >= 0.6 is 0 Å². The Morgan fingerprint density at radius 3 is 1.84 bits per heavy atom. The van der Waals surface area contributed by atoms with Crippen LogP contribution in [0.15, 0.2) is 53.3 Å². The van der Waals surface area contributed by atoms with Crippen LogP contribution in [-0.2, 0) is 35.2 Å². The summed E-state index contributed by atoms with van der Waals surface area (Å²) >= 11 is 0. The van der Waals surface area contributed by atoms with Gasteiger partial charge in [-0.25, -0.2) is 0 Å². The highest BCUT2D eigenvalue weighted by atomic mass is 16.4. The maximum Gasteiger partial charge on any atom is 0.248 e. The largest absolute Gasteiger partial charge is 0.549 e. The molecule has 1 heterocycles. The molecule has 1 amide bonds. The Labute approximate surface area is 285 Å². The number of benzene rings is 2. The summed E-state index contributed by atoms with van der Waals surface area (Å²) < 4.78 is 0. The molecule has 1 atom stereocenters. The Morgan fingerprint density at radius 1 is 0.740 bits per heavy atom. The number of aromatic amines is 1. The van der Waals surface area contributed by atoms with E-state index in [0.29, 0.717) is 16.8 Å². The van der Waals surface area contributed by atoms with Crippen LogP contribution in [-0.4, -0.2) is 114 Å². The van der Waals surface area contributed by atoms with Gasteiger partial charge in [-0.3, -0.25) is 29.1 Å². The summed E-state index contributed by atoms with van der Waals surface area (Å²) in [4.78, 5) is 90.0. The molecule has 4 N–H and O–H groups in total. The highest BCUT2D eigenvalue weighted by Gasteiger charge is 2.20. The number of aryl methyl sites for hydroxylation is 1. The van der Waals surface area contributed by atoms with Gasteiger partial charge in [0.15, 0.2) is 5.78 Å². The highest BCUT2D eigenvalue weighted by molar-refractivity contribution is 5.87. The molecule has 17 heteroatoms. The predicted molar refractivity (Wildman–Crippen MR) is 169 cm³/mol. The number of ketones is 1. The number of nitrogens with two attached hydrogens (primary N) is 1. The van der Waals surface area contributed by atoms with E-state index in [1.165, 1.54) is 40.1 Å². The number of aromatic nitrogens is 1. The third-order valence-corrected chi connectivity index (χ3v) is 7.62. The fourth-order valence-corrected chi connectivity index (χ4v) is 5.31. The first-order chi connectivity index (χ1) is 23.6. The first-order valence-electron chi connectivity index (χ1n) is 15.4. The number of carboxylic acids is 4. The van der Waals surface area contributed by atoms with E-state index in [1.807, 2.05) is 0 Å². The summed E-state index contributed by atoms with van der Waals surface area (Å²) in [6.45, 7) is -1.84. The lowest BCUT2D eigenvalue weighted by Crippen LogP contribution is -2.50. The van der Waals surface area contributed by atoms with Crippen molar-refractivity contribution in [2.75, 3.05) is 64.6 Å². The number of hydrogen-bond donors (Lipinski definition) is 3. The standard InChI is InChI=1S/C33H40N6O11/c1-20-12-27(41)35-26-14-21(2-7-25(20)26)13-24(40)15-38(18-30(45)46)10-8-37(17-29(43)44)9-11-39(19-31(47)48)16-28(42)36-32(33(49)50)22-3-5-23(34)6-4-22/h2-7,12,14,32H,8-11,13,15-19,34H2,1H3,(H,35,41)(H,36,42)(H,43,44)(H,45,46)(H,47,48)(H,49,50)/p-4. The van der Waals surface area contributed by atoms with Crippen LogP contribution in [0.1, 0.15) is 22.7 Å². The monoisotopic (exact) mass is 692 g/mol. The lowest BCUT2D eigenvalue weighted by Gasteiger charge is -2.30. The van der Waals surface area contributed by atoms with Gasteiger partial charge in [-0.1, -0.05) is 24.3 Å². The number of nitrogens with zero attached hydrogens (tertiary/aromatic N) is 3. The summed E-state index contributed by atoms with van der Waals surface area (Å²) in [5.74, 6) is -7.42. The molecule has 0 spiro atoms.